The molecule has 7 heteroatoms. The molecule has 1 aliphatic heterocycles. The lowest BCUT2D eigenvalue weighted by Gasteiger charge is -2.26. The topological polar surface area (TPSA) is 70.2 Å². The zero-order valence-electron chi connectivity index (χ0n) is 14.5. The summed E-state index contributed by atoms with van der Waals surface area (Å²) in [7, 11) is 0. The zero-order chi connectivity index (χ0) is 18.1. The maximum Gasteiger partial charge on any atom is 0.270 e. The monoisotopic (exact) mass is 371 g/mol. The van der Waals surface area contributed by atoms with Crippen LogP contribution in [0.2, 0.25) is 0 Å². The van der Waals surface area contributed by atoms with Crippen LogP contribution in [0.15, 0.2) is 24.3 Å². The minimum Gasteiger partial charge on any atom is -0.376 e. The molecule has 4 rings (SSSR count). The number of nitrogens with zero attached hydrogens (tertiary/aromatic N) is 3. The molecule has 1 saturated heterocycles. The molecule has 0 spiro atoms. The third-order valence-electron chi connectivity index (χ3n) is 5.21. The van der Waals surface area contributed by atoms with Crippen molar-refractivity contribution in [1.82, 2.24) is 9.55 Å². The molecule has 2 aromatic rings. The molecule has 1 aliphatic carbocycles. The lowest BCUT2D eigenvalue weighted by molar-refractivity contribution is -0.384. The van der Waals surface area contributed by atoms with Gasteiger partial charge in [0.2, 0.25) is 0 Å². The SMILES string of the molecule is O=[N+]([O-])c1cccc(-c2nc(=S)c3c(n2C[C@H]2CCCO2)CCCC3)c1. The van der Waals surface area contributed by atoms with Crippen molar-refractivity contribution in [2.24, 2.45) is 0 Å². The van der Waals surface area contributed by atoms with E-state index in [2.05, 4.69) is 4.57 Å². The Morgan fingerprint density at radius 3 is 2.92 bits per heavy atom. The Morgan fingerprint density at radius 2 is 2.15 bits per heavy atom. The number of nitro groups is 1. The fourth-order valence-electron chi connectivity index (χ4n) is 3.94. The van der Waals surface area contributed by atoms with Crippen molar-refractivity contribution in [3.05, 3.63) is 50.3 Å². The number of nitro benzene ring substituents is 1. The fraction of sp³-hybridized carbons (Fsp3) is 0.474. The standard InChI is InChI=1S/C19H21N3O3S/c23-22(24)14-6-3-5-13(11-14)18-20-19(26)16-8-1-2-9-17(16)21(18)12-15-7-4-10-25-15/h3,5-6,11,15H,1-2,4,7-10,12H2/t15-/m1/s1. The van der Waals surface area contributed by atoms with Gasteiger partial charge in [-0.3, -0.25) is 10.1 Å². The maximum absolute atomic E-state index is 11.2. The average molecular weight is 371 g/mol. The Hall–Kier alpha value is -2.12. The van der Waals surface area contributed by atoms with Gasteiger partial charge in [-0.2, -0.15) is 0 Å². The van der Waals surface area contributed by atoms with Gasteiger partial charge in [0.05, 0.1) is 17.6 Å². The molecule has 0 saturated carbocycles. The average Bonchev–Trinajstić information content (AvgIpc) is 3.17. The first-order valence-corrected chi connectivity index (χ1v) is 9.53. The second kappa shape index (κ2) is 7.25. The van der Waals surface area contributed by atoms with Crippen molar-refractivity contribution >= 4 is 17.9 Å². The first kappa shape index (κ1) is 17.3. The van der Waals surface area contributed by atoms with Gasteiger partial charge in [0.15, 0.2) is 0 Å². The first-order valence-electron chi connectivity index (χ1n) is 9.12. The largest absolute Gasteiger partial charge is 0.376 e. The van der Waals surface area contributed by atoms with Gasteiger partial charge in [0.25, 0.3) is 5.69 Å². The van der Waals surface area contributed by atoms with Crippen molar-refractivity contribution in [1.29, 1.82) is 0 Å². The second-order valence-electron chi connectivity index (χ2n) is 6.93. The van der Waals surface area contributed by atoms with Crippen LogP contribution >= 0.6 is 12.2 Å². The summed E-state index contributed by atoms with van der Waals surface area (Å²) in [5, 5.41) is 11.2. The lowest BCUT2D eigenvalue weighted by Crippen LogP contribution is -2.24. The molecule has 2 heterocycles. The smallest absolute Gasteiger partial charge is 0.270 e. The van der Waals surface area contributed by atoms with E-state index in [1.54, 1.807) is 12.1 Å². The molecule has 1 fully saturated rings. The van der Waals surface area contributed by atoms with Gasteiger partial charge in [0.1, 0.15) is 10.5 Å². The van der Waals surface area contributed by atoms with Gasteiger partial charge in [-0.15, -0.1) is 0 Å². The number of ether oxygens (including phenoxy) is 1. The van der Waals surface area contributed by atoms with Crippen molar-refractivity contribution in [2.75, 3.05) is 6.61 Å². The predicted molar refractivity (Wildman–Crippen MR) is 101 cm³/mol. The molecule has 26 heavy (non-hydrogen) atoms. The summed E-state index contributed by atoms with van der Waals surface area (Å²) in [5.74, 6) is 0.717. The van der Waals surface area contributed by atoms with Crippen LogP contribution in [-0.2, 0) is 24.1 Å². The van der Waals surface area contributed by atoms with Crippen molar-refractivity contribution in [3.63, 3.8) is 0 Å². The van der Waals surface area contributed by atoms with E-state index in [0.717, 1.165) is 63.1 Å². The van der Waals surface area contributed by atoms with Crippen LogP contribution in [0.5, 0.6) is 0 Å². The fourth-order valence-corrected chi connectivity index (χ4v) is 4.24. The first-order chi connectivity index (χ1) is 12.6. The molecule has 0 radical (unpaired) electrons. The van der Waals surface area contributed by atoms with Gasteiger partial charge >= 0.3 is 0 Å². The third kappa shape index (κ3) is 3.29. The number of non-ortho nitro benzene ring substituents is 1. The van der Waals surface area contributed by atoms with E-state index < -0.39 is 0 Å². The molecule has 0 amide bonds. The van der Waals surface area contributed by atoms with Gasteiger partial charge in [-0.25, -0.2) is 4.98 Å². The number of fused-ring (bicyclic) bond motifs is 1. The number of rotatable bonds is 4. The summed E-state index contributed by atoms with van der Waals surface area (Å²) >= 11 is 5.56. The van der Waals surface area contributed by atoms with E-state index in [1.165, 1.54) is 17.3 Å². The van der Waals surface area contributed by atoms with E-state index >= 15 is 0 Å². The quantitative estimate of drug-likeness (QED) is 0.457. The molecule has 1 atom stereocenters. The summed E-state index contributed by atoms with van der Waals surface area (Å²) in [5.41, 5.74) is 3.19. The van der Waals surface area contributed by atoms with Crippen LogP contribution < -0.4 is 0 Å². The van der Waals surface area contributed by atoms with Crippen LogP contribution in [0, 0.1) is 14.8 Å². The van der Waals surface area contributed by atoms with E-state index in [-0.39, 0.29) is 16.7 Å². The van der Waals surface area contributed by atoms with Crippen LogP contribution in [0.25, 0.3) is 11.4 Å². The Balaban J connectivity index is 1.87. The highest BCUT2D eigenvalue weighted by molar-refractivity contribution is 7.71. The second-order valence-corrected chi connectivity index (χ2v) is 7.31. The van der Waals surface area contributed by atoms with E-state index in [1.807, 2.05) is 6.07 Å². The Bertz CT molecular complexity index is 903. The molecule has 0 N–H and O–H groups in total. The summed E-state index contributed by atoms with van der Waals surface area (Å²) < 4.78 is 8.69. The van der Waals surface area contributed by atoms with Gasteiger partial charge in [-0.1, -0.05) is 24.4 Å². The molecule has 1 aromatic carbocycles. The molecule has 136 valence electrons. The van der Waals surface area contributed by atoms with Crippen LogP contribution in [0.1, 0.15) is 36.9 Å². The molecular formula is C19H21N3O3S. The zero-order valence-corrected chi connectivity index (χ0v) is 15.3. The Morgan fingerprint density at radius 1 is 1.31 bits per heavy atom. The molecular weight excluding hydrogens is 350 g/mol. The van der Waals surface area contributed by atoms with Crippen LogP contribution in [0.4, 0.5) is 5.69 Å². The number of hydrogen-bond donors (Lipinski definition) is 0. The van der Waals surface area contributed by atoms with Gasteiger partial charge < -0.3 is 9.30 Å². The van der Waals surface area contributed by atoms with Crippen molar-refractivity contribution < 1.29 is 9.66 Å². The summed E-state index contributed by atoms with van der Waals surface area (Å²) in [6.07, 6.45) is 6.47. The summed E-state index contributed by atoms with van der Waals surface area (Å²) in [6, 6.07) is 6.65. The molecule has 0 bridgehead atoms. The third-order valence-corrected chi connectivity index (χ3v) is 5.55. The van der Waals surface area contributed by atoms with E-state index in [4.69, 9.17) is 21.9 Å². The predicted octanol–water partition coefficient (Wildman–Crippen LogP) is 4.25. The molecule has 6 nitrogen and oxygen atoms in total. The molecule has 0 unspecified atom stereocenters. The highest BCUT2D eigenvalue weighted by Gasteiger charge is 2.24. The van der Waals surface area contributed by atoms with E-state index in [9.17, 15) is 10.1 Å². The number of benzene rings is 1. The highest BCUT2D eigenvalue weighted by atomic mass is 32.1. The Kier molecular flexibility index (Phi) is 4.82. The van der Waals surface area contributed by atoms with Crippen LogP contribution in [-0.4, -0.2) is 27.2 Å². The summed E-state index contributed by atoms with van der Waals surface area (Å²) in [4.78, 5) is 15.5. The van der Waals surface area contributed by atoms with Crippen LogP contribution in [0.3, 0.4) is 0 Å². The van der Waals surface area contributed by atoms with Gasteiger partial charge in [0, 0.05) is 35.6 Å². The number of hydrogen-bond acceptors (Lipinski definition) is 5. The minimum absolute atomic E-state index is 0.0663. The van der Waals surface area contributed by atoms with Gasteiger partial charge in [-0.05, 0) is 38.5 Å². The minimum atomic E-state index is -0.374. The summed E-state index contributed by atoms with van der Waals surface area (Å²) in [6.45, 7) is 1.52. The van der Waals surface area contributed by atoms with Crippen molar-refractivity contribution in [2.45, 2.75) is 51.2 Å². The van der Waals surface area contributed by atoms with Crippen molar-refractivity contribution in [3.8, 4) is 11.4 Å². The van der Waals surface area contributed by atoms with E-state index in [0.29, 0.717) is 4.64 Å². The Labute approximate surface area is 157 Å². The number of aromatic nitrogens is 2. The lowest BCUT2D eigenvalue weighted by atomic mass is 9.96. The normalized spacial score (nSPS) is 19.3. The highest BCUT2D eigenvalue weighted by Crippen LogP contribution is 2.30. The molecule has 1 aromatic heterocycles. The maximum atomic E-state index is 11.2. The molecule has 2 aliphatic rings.